The van der Waals surface area contributed by atoms with Crippen molar-refractivity contribution in [2.24, 2.45) is 0 Å². The highest BCUT2D eigenvalue weighted by molar-refractivity contribution is 6.30. The average molecular weight is 335 g/mol. The molecule has 2 aromatic carbocycles. The third-order valence-corrected chi connectivity index (χ3v) is 3.54. The molecule has 3 rings (SSSR count). The zero-order valence-electron chi connectivity index (χ0n) is 12.0. The largest absolute Gasteiger partial charge is 0.468 e. The molecule has 2 amide bonds. The van der Waals surface area contributed by atoms with Gasteiger partial charge < -0.3 is 15.4 Å². The van der Waals surface area contributed by atoms with Crippen LogP contribution in [0.15, 0.2) is 36.4 Å². The lowest BCUT2D eigenvalue weighted by molar-refractivity contribution is -0.133. The molecule has 0 fully saturated rings. The SMILES string of the molecule is Cc1ccc2c(c1)NC(=O)[C@H](C(=O)Nc1ccc(Cl)cc1F)O2. The minimum atomic E-state index is -1.40. The second-order valence-corrected chi connectivity index (χ2v) is 5.54. The van der Waals surface area contributed by atoms with Gasteiger partial charge in [-0.15, -0.1) is 0 Å². The number of carbonyl (C=O) groups excluding carboxylic acids is 2. The summed E-state index contributed by atoms with van der Waals surface area (Å²) in [6, 6.07) is 9.00. The summed E-state index contributed by atoms with van der Waals surface area (Å²) in [6.07, 6.45) is -1.40. The van der Waals surface area contributed by atoms with Gasteiger partial charge in [0.05, 0.1) is 11.4 Å². The maximum atomic E-state index is 13.7. The van der Waals surface area contributed by atoms with Gasteiger partial charge in [0.1, 0.15) is 11.6 Å². The number of halogens is 2. The zero-order chi connectivity index (χ0) is 16.6. The molecular weight excluding hydrogens is 323 g/mol. The van der Waals surface area contributed by atoms with Gasteiger partial charge in [0, 0.05) is 5.02 Å². The molecule has 0 bridgehead atoms. The molecule has 7 heteroatoms. The quantitative estimate of drug-likeness (QED) is 0.829. The number of carbonyl (C=O) groups is 2. The fraction of sp³-hybridized carbons (Fsp3) is 0.125. The minimum absolute atomic E-state index is 0.0782. The maximum Gasteiger partial charge on any atom is 0.275 e. The molecule has 0 aromatic heterocycles. The highest BCUT2D eigenvalue weighted by Crippen LogP contribution is 2.30. The highest BCUT2D eigenvalue weighted by Gasteiger charge is 2.34. The Morgan fingerprint density at radius 1 is 1.30 bits per heavy atom. The van der Waals surface area contributed by atoms with Crippen molar-refractivity contribution in [3.05, 3.63) is 52.8 Å². The summed E-state index contributed by atoms with van der Waals surface area (Å²) >= 11 is 5.65. The Bertz CT molecular complexity index is 810. The molecule has 1 aliphatic rings. The van der Waals surface area contributed by atoms with Gasteiger partial charge in [-0.1, -0.05) is 17.7 Å². The number of ether oxygens (including phenoxy) is 1. The van der Waals surface area contributed by atoms with E-state index in [2.05, 4.69) is 10.6 Å². The molecule has 118 valence electrons. The van der Waals surface area contributed by atoms with Crippen LogP contribution in [0.4, 0.5) is 15.8 Å². The van der Waals surface area contributed by atoms with E-state index in [1.807, 2.05) is 6.92 Å². The lowest BCUT2D eigenvalue weighted by Crippen LogP contribution is -2.45. The summed E-state index contributed by atoms with van der Waals surface area (Å²) in [7, 11) is 0. The molecular formula is C16H12ClFN2O3. The lowest BCUT2D eigenvalue weighted by Gasteiger charge is -2.25. The number of hydrogen-bond donors (Lipinski definition) is 2. The smallest absolute Gasteiger partial charge is 0.275 e. The van der Waals surface area contributed by atoms with Crippen LogP contribution in [0, 0.1) is 12.7 Å². The van der Waals surface area contributed by atoms with Crippen LogP contribution < -0.4 is 15.4 Å². The van der Waals surface area contributed by atoms with Crippen molar-refractivity contribution >= 4 is 34.8 Å². The first kappa shape index (κ1) is 15.3. The molecule has 23 heavy (non-hydrogen) atoms. The summed E-state index contributed by atoms with van der Waals surface area (Å²) in [5.41, 5.74) is 1.36. The summed E-state index contributed by atoms with van der Waals surface area (Å²) in [4.78, 5) is 24.2. The van der Waals surface area contributed by atoms with Crippen molar-refractivity contribution in [3.63, 3.8) is 0 Å². The number of aryl methyl sites for hydroxylation is 1. The van der Waals surface area contributed by atoms with Gasteiger partial charge in [-0.25, -0.2) is 4.39 Å². The molecule has 0 unspecified atom stereocenters. The summed E-state index contributed by atoms with van der Waals surface area (Å²) in [6.45, 7) is 1.87. The van der Waals surface area contributed by atoms with Gasteiger partial charge in [-0.2, -0.15) is 0 Å². The van der Waals surface area contributed by atoms with Crippen LogP contribution in [0.3, 0.4) is 0 Å². The third kappa shape index (κ3) is 3.12. The van der Waals surface area contributed by atoms with Crippen molar-refractivity contribution in [2.75, 3.05) is 10.6 Å². The van der Waals surface area contributed by atoms with Crippen molar-refractivity contribution < 1.29 is 18.7 Å². The molecule has 0 saturated heterocycles. The first-order chi connectivity index (χ1) is 10.9. The van der Waals surface area contributed by atoms with Crippen molar-refractivity contribution in [1.29, 1.82) is 0 Å². The zero-order valence-corrected chi connectivity index (χ0v) is 12.8. The van der Waals surface area contributed by atoms with E-state index >= 15 is 0 Å². The fourth-order valence-corrected chi connectivity index (χ4v) is 2.34. The summed E-state index contributed by atoms with van der Waals surface area (Å²) < 4.78 is 19.1. The Balaban J connectivity index is 1.80. The van der Waals surface area contributed by atoms with E-state index in [1.54, 1.807) is 18.2 Å². The summed E-state index contributed by atoms with van der Waals surface area (Å²) in [5.74, 6) is -1.70. The van der Waals surface area contributed by atoms with Gasteiger partial charge in [-0.05, 0) is 42.8 Å². The van der Waals surface area contributed by atoms with E-state index in [0.717, 1.165) is 11.6 Å². The number of anilines is 2. The van der Waals surface area contributed by atoms with Gasteiger partial charge >= 0.3 is 0 Å². The lowest BCUT2D eigenvalue weighted by atomic mass is 10.1. The molecule has 0 aliphatic carbocycles. The van der Waals surface area contributed by atoms with Gasteiger partial charge in [0.15, 0.2) is 0 Å². The predicted octanol–water partition coefficient (Wildman–Crippen LogP) is 3.13. The molecule has 1 atom stereocenters. The predicted molar refractivity (Wildman–Crippen MR) is 84.3 cm³/mol. The molecule has 1 aliphatic heterocycles. The van der Waals surface area contributed by atoms with Crippen LogP contribution >= 0.6 is 11.6 Å². The van der Waals surface area contributed by atoms with E-state index in [0.29, 0.717) is 11.4 Å². The van der Waals surface area contributed by atoms with E-state index < -0.39 is 23.7 Å². The molecule has 1 heterocycles. The fourth-order valence-electron chi connectivity index (χ4n) is 2.18. The van der Waals surface area contributed by atoms with Crippen molar-refractivity contribution in [3.8, 4) is 5.75 Å². The Morgan fingerprint density at radius 3 is 2.83 bits per heavy atom. The van der Waals surface area contributed by atoms with Crippen LogP contribution in [0.2, 0.25) is 5.02 Å². The normalized spacial score (nSPS) is 16.1. The molecule has 5 nitrogen and oxygen atoms in total. The standard InChI is InChI=1S/C16H12ClFN2O3/c1-8-2-5-13-12(6-8)20-16(22)14(23-13)15(21)19-11-4-3-9(17)7-10(11)18/h2-7,14H,1H3,(H,19,21)(H,20,22)/t14-/m0/s1. The monoisotopic (exact) mass is 334 g/mol. The molecule has 2 aromatic rings. The van der Waals surface area contributed by atoms with Crippen LogP contribution in [-0.4, -0.2) is 17.9 Å². The minimum Gasteiger partial charge on any atom is -0.468 e. The molecule has 0 spiro atoms. The van der Waals surface area contributed by atoms with Gasteiger partial charge in [-0.3, -0.25) is 9.59 Å². The maximum absolute atomic E-state index is 13.7. The number of nitrogens with one attached hydrogen (secondary N) is 2. The summed E-state index contributed by atoms with van der Waals surface area (Å²) in [5, 5.41) is 5.13. The topological polar surface area (TPSA) is 67.4 Å². The van der Waals surface area contributed by atoms with Crippen LogP contribution in [0.5, 0.6) is 5.75 Å². The third-order valence-electron chi connectivity index (χ3n) is 3.30. The van der Waals surface area contributed by atoms with Crippen molar-refractivity contribution in [1.82, 2.24) is 0 Å². The second-order valence-electron chi connectivity index (χ2n) is 5.10. The van der Waals surface area contributed by atoms with E-state index in [9.17, 15) is 14.0 Å². The second kappa shape index (κ2) is 5.89. The number of rotatable bonds is 2. The Kier molecular flexibility index (Phi) is 3.92. The van der Waals surface area contributed by atoms with Gasteiger partial charge in [0.2, 0.25) is 0 Å². The van der Waals surface area contributed by atoms with Crippen molar-refractivity contribution in [2.45, 2.75) is 13.0 Å². The number of amides is 2. The average Bonchev–Trinajstić information content (AvgIpc) is 2.49. The van der Waals surface area contributed by atoms with Crippen LogP contribution in [0.1, 0.15) is 5.56 Å². The van der Waals surface area contributed by atoms with E-state index in [4.69, 9.17) is 16.3 Å². The number of fused-ring (bicyclic) bond motifs is 1. The number of benzene rings is 2. The molecule has 2 N–H and O–H groups in total. The molecule has 0 radical (unpaired) electrons. The Labute approximate surface area is 136 Å². The van der Waals surface area contributed by atoms with E-state index in [1.165, 1.54) is 12.1 Å². The Hall–Kier alpha value is -2.60. The highest BCUT2D eigenvalue weighted by atomic mass is 35.5. The molecule has 0 saturated carbocycles. The first-order valence-corrected chi connectivity index (χ1v) is 7.16. The first-order valence-electron chi connectivity index (χ1n) is 6.78. The van der Waals surface area contributed by atoms with Crippen LogP contribution in [-0.2, 0) is 9.59 Å². The van der Waals surface area contributed by atoms with Crippen LogP contribution in [0.25, 0.3) is 0 Å². The van der Waals surface area contributed by atoms with E-state index in [-0.39, 0.29) is 10.7 Å². The van der Waals surface area contributed by atoms with Gasteiger partial charge in [0.25, 0.3) is 17.9 Å². The Morgan fingerprint density at radius 2 is 2.09 bits per heavy atom. The number of hydrogen-bond acceptors (Lipinski definition) is 3.